The Hall–Kier alpha value is -3.73. The van der Waals surface area contributed by atoms with E-state index in [-0.39, 0.29) is 17.2 Å². The second-order valence-electron chi connectivity index (χ2n) is 6.47. The fourth-order valence-corrected chi connectivity index (χ4v) is 2.91. The van der Waals surface area contributed by atoms with E-state index >= 15 is 0 Å². The van der Waals surface area contributed by atoms with Gasteiger partial charge < -0.3 is 9.47 Å². The fraction of sp³-hybridized carbons (Fsp3) is 0.0833. The Balaban J connectivity index is 1.42. The van der Waals surface area contributed by atoms with Crippen LogP contribution in [0, 0.1) is 5.82 Å². The van der Waals surface area contributed by atoms with Crippen molar-refractivity contribution >= 4 is 17.9 Å². The summed E-state index contributed by atoms with van der Waals surface area (Å²) < 4.78 is 24.7. The second-order valence-corrected chi connectivity index (χ2v) is 6.47. The molecule has 1 aliphatic heterocycles. The Morgan fingerprint density at radius 2 is 1.66 bits per heavy atom. The molecule has 0 radical (unpaired) electrons. The van der Waals surface area contributed by atoms with Crippen LogP contribution < -0.4 is 4.74 Å². The third-order valence-corrected chi connectivity index (χ3v) is 4.41. The van der Waals surface area contributed by atoms with Crippen LogP contribution in [0.15, 0.2) is 89.6 Å². The Labute approximate surface area is 167 Å². The maximum absolute atomic E-state index is 13.9. The lowest BCUT2D eigenvalue weighted by atomic mass is 10.1. The SMILES string of the molecule is O=C1OC(c2ccccc2F)=N/C1=C\c1ccc(OCCc2ccccc2)cc1. The van der Waals surface area contributed by atoms with Gasteiger partial charge in [-0.05, 0) is 41.5 Å². The van der Waals surface area contributed by atoms with Crippen molar-refractivity contribution in [1.82, 2.24) is 0 Å². The highest BCUT2D eigenvalue weighted by atomic mass is 19.1. The first-order valence-electron chi connectivity index (χ1n) is 9.23. The van der Waals surface area contributed by atoms with E-state index in [9.17, 15) is 9.18 Å². The maximum atomic E-state index is 13.9. The average Bonchev–Trinajstić information content (AvgIpc) is 3.10. The van der Waals surface area contributed by atoms with Crippen LogP contribution in [-0.2, 0) is 16.0 Å². The number of carbonyl (C=O) groups excluding carboxylic acids is 1. The van der Waals surface area contributed by atoms with Crippen molar-refractivity contribution in [2.24, 2.45) is 4.99 Å². The molecule has 144 valence electrons. The van der Waals surface area contributed by atoms with Crippen LogP contribution in [0.25, 0.3) is 6.08 Å². The van der Waals surface area contributed by atoms with Crippen molar-refractivity contribution in [3.8, 4) is 5.75 Å². The minimum atomic E-state index is -0.605. The third-order valence-electron chi connectivity index (χ3n) is 4.41. The predicted octanol–water partition coefficient (Wildman–Crippen LogP) is 4.79. The van der Waals surface area contributed by atoms with E-state index in [1.807, 2.05) is 42.5 Å². The number of hydrogen-bond donors (Lipinski definition) is 0. The third kappa shape index (κ3) is 4.58. The molecule has 0 N–H and O–H groups in total. The van der Waals surface area contributed by atoms with Gasteiger partial charge in [0.1, 0.15) is 11.6 Å². The van der Waals surface area contributed by atoms with Gasteiger partial charge in [-0.2, -0.15) is 0 Å². The molecule has 0 bridgehead atoms. The normalized spacial score (nSPS) is 14.6. The van der Waals surface area contributed by atoms with Crippen LogP contribution in [0.4, 0.5) is 4.39 Å². The molecule has 5 heteroatoms. The van der Waals surface area contributed by atoms with Gasteiger partial charge in [0.05, 0.1) is 12.2 Å². The minimum Gasteiger partial charge on any atom is -0.493 e. The van der Waals surface area contributed by atoms with E-state index in [0.29, 0.717) is 6.61 Å². The van der Waals surface area contributed by atoms with Crippen molar-refractivity contribution in [1.29, 1.82) is 0 Å². The number of nitrogens with zero attached hydrogens (tertiary/aromatic N) is 1. The van der Waals surface area contributed by atoms with Crippen LogP contribution in [0.1, 0.15) is 16.7 Å². The van der Waals surface area contributed by atoms with Gasteiger partial charge in [0.25, 0.3) is 0 Å². The lowest BCUT2D eigenvalue weighted by Gasteiger charge is -2.06. The van der Waals surface area contributed by atoms with Gasteiger partial charge in [-0.15, -0.1) is 0 Å². The van der Waals surface area contributed by atoms with E-state index in [2.05, 4.69) is 17.1 Å². The second kappa shape index (κ2) is 8.52. The fourth-order valence-electron chi connectivity index (χ4n) is 2.91. The molecule has 0 unspecified atom stereocenters. The quantitative estimate of drug-likeness (QED) is 0.451. The summed E-state index contributed by atoms with van der Waals surface area (Å²) in [6.45, 7) is 0.576. The van der Waals surface area contributed by atoms with Crippen LogP contribution >= 0.6 is 0 Å². The maximum Gasteiger partial charge on any atom is 0.363 e. The molecule has 0 saturated carbocycles. The summed E-state index contributed by atoms with van der Waals surface area (Å²) in [6.07, 6.45) is 2.43. The lowest BCUT2D eigenvalue weighted by molar-refractivity contribution is -0.129. The van der Waals surface area contributed by atoms with Crippen LogP contribution in [-0.4, -0.2) is 18.5 Å². The smallest absolute Gasteiger partial charge is 0.363 e. The van der Waals surface area contributed by atoms with Crippen molar-refractivity contribution in [2.75, 3.05) is 6.61 Å². The van der Waals surface area contributed by atoms with Gasteiger partial charge in [-0.25, -0.2) is 14.2 Å². The topological polar surface area (TPSA) is 47.9 Å². The van der Waals surface area contributed by atoms with Gasteiger partial charge in [0.2, 0.25) is 5.90 Å². The number of hydrogen-bond acceptors (Lipinski definition) is 4. The molecule has 0 atom stereocenters. The largest absolute Gasteiger partial charge is 0.493 e. The molecule has 3 aromatic rings. The molecule has 1 heterocycles. The van der Waals surface area contributed by atoms with E-state index in [1.165, 1.54) is 17.7 Å². The number of esters is 1. The molecule has 0 aliphatic carbocycles. The molecule has 4 rings (SSSR count). The number of rotatable bonds is 6. The van der Waals surface area contributed by atoms with Crippen LogP contribution in [0.3, 0.4) is 0 Å². The Kier molecular flexibility index (Phi) is 5.47. The zero-order chi connectivity index (χ0) is 20.1. The molecular weight excluding hydrogens is 369 g/mol. The highest BCUT2D eigenvalue weighted by Gasteiger charge is 2.25. The van der Waals surface area contributed by atoms with Crippen LogP contribution in [0.2, 0.25) is 0 Å². The van der Waals surface area contributed by atoms with Crippen molar-refractivity contribution in [3.63, 3.8) is 0 Å². The molecule has 0 aromatic heterocycles. The zero-order valence-electron chi connectivity index (χ0n) is 15.5. The van der Waals surface area contributed by atoms with Crippen molar-refractivity contribution in [2.45, 2.75) is 6.42 Å². The first-order chi connectivity index (χ1) is 14.2. The molecular formula is C24H18FNO3. The first kappa shape index (κ1) is 18.6. The number of cyclic esters (lactones) is 1. The summed E-state index contributed by atoms with van der Waals surface area (Å²) in [5.41, 5.74) is 2.27. The van der Waals surface area contributed by atoms with Gasteiger partial charge >= 0.3 is 5.97 Å². The molecule has 0 amide bonds. The molecule has 0 spiro atoms. The van der Waals surface area contributed by atoms with Crippen LogP contribution in [0.5, 0.6) is 5.75 Å². The molecule has 1 aliphatic rings. The number of carbonyl (C=O) groups is 1. The van der Waals surface area contributed by atoms with Crippen molar-refractivity contribution < 1.29 is 18.7 Å². The molecule has 0 fully saturated rings. The molecule has 29 heavy (non-hydrogen) atoms. The number of halogens is 1. The molecule has 4 nitrogen and oxygen atoms in total. The summed E-state index contributed by atoms with van der Waals surface area (Å²) in [5.74, 6) is -0.378. The highest BCUT2D eigenvalue weighted by Crippen LogP contribution is 2.21. The van der Waals surface area contributed by atoms with Gasteiger partial charge in [-0.3, -0.25) is 0 Å². The lowest BCUT2D eigenvalue weighted by Crippen LogP contribution is -2.07. The first-order valence-corrected chi connectivity index (χ1v) is 9.23. The van der Waals surface area contributed by atoms with Gasteiger partial charge in [0.15, 0.2) is 5.70 Å². The minimum absolute atomic E-state index is 0.0276. The number of ether oxygens (including phenoxy) is 2. The Morgan fingerprint density at radius 3 is 2.41 bits per heavy atom. The van der Waals surface area contributed by atoms with E-state index in [0.717, 1.165) is 17.7 Å². The number of aliphatic imine (C=N–C) groups is 1. The van der Waals surface area contributed by atoms with Gasteiger partial charge in [-0.1, -0.05) is 54.6 Å². The monoisotopic (exact) mass is 387 g/mol. The predicted molar refractivity (Wildman–Crippen MR) is 109 cm³/mol. The van der Waals surface area contributed by atoms with Crippen molar-refractivity contribution in [3.05, 3.63) is 107 Å². The summed E-state index contributed by atoms with van der Waals surface area (Å²) in [6, 6.07) is 23.5. The number of benzene rings is 3. The standard InChI is InChI=1S/C24H18FNO3/c25-21-9-5-4-8-20(21)23-26-22(24(27)29-23)16-18-10-12-19(13-11-18)28-15-14-17-6-2-1-3-7-17/h1-13,16H,14-15H2/b22-16-. The highest BCUT2D eigenvalue weighted by molar-refractivity contribution is 6.12. The van der Waals surface area contributed by atoms with Gasteiger partial charge in [0, 0.05) is 6.42 Å². The average molecular weight is 387 g/mol. The van der Waals surface area contributed by atoms with E-state index < -0.39 is 11.8 Å². The Bertz CT molecular complexity index is 1070. The van der Waals surface area contributed by atoms with E-state index in [4.69, 9.17) is 9.47 Å². The Morgan fingerprint density at radius 1 is 0.931 bits per heavy atom. The summed E-state index contributed by atoms with van der Waals surface area (Å²) >= 11 is 0. The summed E-state index contributed by atoms with van der Waals surface area (Å²) in [4.78, 5) is 16.2. The summed E-state index contributed by atoms with van der Waals surface area (Å²) in [5, 5.41) is 0. The molecule has 0 saturated heterocycles. The summed E-state index contributed by atoms with van der Waals surface area (Å²) in [7, 11) is 0. The molecule has 3 aromatic carbocycles. The zero-order valence-corrected chi connectivity index (χ0v) is 15.5. The van der Waals surface area contributed by atoms with E-state index in [1.54, 1.807) is 18.2 Å².